The van der Waals surface area contributed by atoms with E-state index in [2.05, 4.69) is 33.3 Å². The van der Waals surface area contributed by atoms with Crippen LogP contribution in [0.5, 0.6) is 0 Å². The van der Waals surface area contributed by atoms with Crippen molar-refractivity contribution in [2.24, 2.45) is 5.73 Å². The van der Waals surface area contributed by atoms with Crippen LogP contribution in [-0.4, -0.2) is 105 Å². The summed E-state index contributed by atoms with van der Waals surface area (Å²) in [7, 11) is -10.8. The number of rotatable bonds is 11. The number of aliphatic hydroxyl groups is 3. The normalized spacial score (nSPS) is 32.1. The van der Waals surface area contributed by atoms with E-state index in [4.69, 9.17) is 20.9 Å². The minimum Gasteiger partial charge on any atom is -0.387 e. The Bertz CT molecular complexity index is 1600. The Balaban J connectivity index is 1.15. The van der Waals surface area contributed by atoms with Crippen molar-refractivity contribution < 1.29 is 66.3 Å². The van der Waals surface area contributed by atoms with E-state index in [1.54, 1.807) is 0 Å². The van der Waals surface area contributed by atoms with Crippen molar-refractivity contribution in [3.63, 3.8) is 0 Å². The number of halogens is 1. The second kappa shape index (κ2) is 12.1. The highest BCUT2D eigenvalue weighted by atomic mass is 32.1. The van der Waals surface area contributed by atoms with Gasteiger partial charge in [0.05, 0.1) is 19.5 Å². The number of fused-ring (bicyclic) bond motifs is 1. The fourth-order valence-electron chi connectivity index (χ4n) is 4.26. The van der Waals surface area contributed by atoms with E-state index >= 15 is 0 Å². The molecular formula is C19H24FN7O13P2S. The number of alkyl halides is 1. The van der Waals surface area contributed by atoms with Crippen LogP contribution in [0.3, 0.4) is 0 Å². The van der Waals surface area contributed by atoms with Gasteiger partial charge in [0.2, 0.25) is 0 Å². The number of ether oxygens (including phenoxy) is 2. The van der Waals surface area contributed by atoms with Crippen LogP contribution in [0.25, 0.3) is 11.2 Å². The molecule has 2 saturated heterocycles. The number of thiazole rings is 1. The van der Waals surface area contributed by atoms with Crippen LogP contribution in [-0.2, 0) is 32.0 Å². The Labute approximate surface area is 243 Å². The number of nitrogens with zero attached hydrogens (tertiary/aromatic N) is 5. The molecule has 2 aliphatic rings. The third-order valence-electron chi connectivity index (χ3n) is 6.35. The van der Waals surface area contributed by atoms with Gasteiger partial charge in [0, 0.05) is 5.38 Å². The topological polar surface area (TPSA) is 307 Å². The molecular weight excluding hydrogens is 647 g/mol. The number of imidazole rings is 1. The SMILES string of the molecule is NC(=O)c1csc([C@@H]2O[C@H](COP(=O)(O)OP(=O)(O)OC[C@H]3O[C@@H](n4cnc5c(N)ncnc54)[C@@H](F)[C@@H]3O)[C@@H](O)[C@H]2O)n1. The van der Waals surface area contributed by atoms with Crippen LogP contribution in [0.4, 0.5) is 10.2 Å². The number of aliphatic hydroxyl groups excluding tert-OH is 3. The quantitative estimate of drug-likeness (QED) is 0.116. The van der Waals surface area contributed by atoms with E-state index in [0.29, 0.717) is 0 Å². The van der Waals surface area contributed by atoms with E-state index in [1.165, 1.54) is 5.38 Å². The first-order valence-electron chi connectivity index (χ1n) is 12.0. The summed E-state index contributed by atoms with van der Waals surface area (Å²) in [6.45, 7) is -1.89. The summed E-state index contributed by atoms with van der Waals surface area (Å²) in [5.41, 5.74) is 11.0. The summed E-state index contributed by atoms with van der Waals surface area (Å²) in [5, 5.41) is 32.2. The van der Waals surface area contributed by atoms with Gasteiger partial charge in [0.15, 0.2) is 23.9 Å². The number of phosphoric acid groups is 2. The van der Waals surface area contributed by atoms with Gasteiger partial charge in [-0.05, 0) is 0 Å². The third kappa shape index (κ3) is 6.61. The largest absolute Gasteiger partial charge is 0.481 e. The van der Waals surface area contributed by atoms with Crippen LogP contribution in [0.2, 0.25) is 0 Å². The van der Waals surface area contributed by atoms with Crippen molar-refractivity contribution in [3.8, 4) is 0 Å². The van der Waals surface area contributed by atoms with Crippen LogP contribution < -0.4 is 11.5 Å². The first kappa shape index (κ1) is 31.9. The fourth-order valence-corrected chi connectivity index (χ4v) is 7.23. The lowest BCUT2D eigenvalue weighted by Gasteiger charge is -2.20. The predicted molar refractivity (Wildman–Crippen MR) is 137 cm³/mol. The first-order valence-corrected chi connectivity index (χ1v) is 15.9. The van der Waals surface area contributed by atoms with Crippen molar-refractivity contribution in [2.75, 3.05) is 18.9 Å². The molecule has 1 amide bonds. The molecule has 43 heavy (non-hydrogen) atoms. The molecule has 0 spiro atoms. The van der Waals surface area contributed by atoms with Crippen molar-refractivity contribution in [1.82, 2.24) is 24.5 Å². The summed E-state index contributed by atoms with van der Waals surface area (Å²) in [6, 6.07) is 0. The maximum atomic E-state index is 14.9. The predicted octanol–water partition coefficient (Wildman–Crippen LogP) is -1.33. The molecule has 9 N–H and O–H groups in total. The summed E-state index contributed by atoms with van der Waals surface area (Å²) in [4.78, 5) is 46.7. The second-order valence-corrected chi connectivity index (χ2v) is 13.1. The number of carbonyl (C=O) groups excluding carboxylic acids is 1. The van der Waals surface area contributed by atoms with Gasteiger partial charge in [0.25, 0.3) is 5.91 Å². The average molecular weight is 671 g/mol. The Hall–Kier alpha value is -2.56. The standard InChI is InChI=1S/C19H24FN7O13P2S/c20-9-11(28)7(39-19(9)27-5-25-10-15(21)23-4-24-17(10)27)1-36-41(32,33)40-42(34,35)37-2-8-12(29)13(30)14(38-8)18-26-6(3-43-18)16(22)31/h3-5,7-9,11-14,19,28-30H,1-2H2,(H2,22,31)(H,32,33)(H,34,35)(H2,21,23,24)/t7-,8-,9+,11-,12-,13-,14-,19-/m1/s1. The number of primary amides is 1. The number of anilines is 1. The van der Waals surface area contributed by atoms with Crippen molar-refractivity contribution >= 4 is 49.9 Å². The molecule has 5 rings (SSSR count). The zero-order chi connectivity index (χ0) is 31.3. The van der Waals surface area contributed by atoms with Gasteiger partial charge in [-0.1, -0.05) is 0 Å². The summed E-state index contributed by atoms with van der Waals surface area (Å²) < 4.78 is 65.1. The van der Waals surface area contributed by atoms with E-state index < -0.39 is 83.8 Å². The van der Waals surface area contributed by atoms with Gasteiger partial charge in [0.1, 0.15) is 59.2 Å². The van der Waals surface area contributed by atoms with Crippen LogP contribution in [0.1, 0.15) is 27.8 Å². The number of aromatic nitrogens is 5. The molecule has 20 nitrogen and oxygen atoms in total. The van der Waals surface area contributed by atoms with E-state index in [1.807, 2.05) is 0 Å². The Kier molecular flexibility index (Phi) is 8.95. The molecule has 2 unspecified atom stereocenters. The van der Waals surface area contributed by atoms with Gasteiger partial charge >= 0.3 is 15.6 Å². The molecule has 5 heterocycles. The van der Waals surface area contributed by atoms with Crippen LogP contribution in [0, 0.1) is 0 Å². The molecule has 24 heteroatoms. The smallest absolute Gasteiger partial charge is 0.387 e. The molecule has 0 radical (unpaired) electrons. The number of hydrogen-bond acceptors (Lipinski definition) is 17. The molecule has 3 aromatic heterocycles. The van der Waals surface area contributed by atoms with Crippen molar-refractivity contribution in [1.29, 1.82) is 0 Å². The molecule has 10 atom stereocenters. The van der Waals surface area contributed by atoms with E-state index in [-0.39, 0.29) is 27.7 Å². The lowest BCUT2D eigenvalue weighted by molar-refractivity contribution is -0.0457. The lowest BCUT2D eigenvalue weighted by Crippen LogP contribution is -2.33. The first-order chi connectivity index (χ1) is 20.2. The Morgan fingerprint density at radius 2 is 1.70 bits per heavy atom. The van der Waals surface area contributed by atoms with Gasteiger partial charge in [-0.2, -0.15) is 4.31 Å². The zero-order valence-corrected chi connectivity index (χ0v) is 23.9. The molecule has 3 aromatic rings. The van der Waals surface area contributed by atoms with Crippen LogP contribution in [0.15, 0.2) is 18.0 Å². The van der Waals surface area contributed by atoms with Gasteiger partial charge < -0.3 is 46.0 Å². The number of hydrogen-bond donors (Lipinski definition) is 7. The number of nitrogen functional groups attached to an aromatic ring is 1. The molecule has 236 valence electrons. The molecule has 0 bridgehead atoms. The highest BCUT2D eigenvalue weighted by molar-refractivity contribution is 7.61. The third-order valence-corrected chi connectivity index (χ3v) is 9.85. The number of amides is 1. The molecule has 0 aliphatic carbocycles. The van der Waals surface area contributed by atoms with Crippen molar-refractivity contribution in [3.05, 3.63) is 28.7 Å². The Morgan fingerprint density at radius 3 is 2.33 bits per heavy atom. The number of carbonyl (C=O) groups is 1. The highest BCUT2D eigenvalue weighted by Crippen LogP contribution is 2.61. The number of nitrogens with two attached hydrogens (primary N) is 2. The minimum absolute atomic E-state index is 0.00918. The minimum atomic E-state index is -5.41. The van der Waals surface area contributed by atoms with Crippen molar-refractivity contribution in [2.45, 2.75) is 49.0 Å². The van der Waals surface area contributed by atoms with Gasteiger partial charge in [-0.3, -0.25) is 18.4 Å². The van der Waals surface area contributed by atoms with Gasteiger partial charge in [-0.25, -0.2) is 33.5 Å². The van der Waals surface area contributed by atoms with E-state index in [9.17, 15) is 43.4 Å². The fraction of sp³-hybridized carbons (Fsp3) is 0.526. The van der Waals surface area contributed by atoms with Crippen LogP contribution >= 0.6 is 27.0 Å². The average Bonchev–Trinajstić information content (AvgIpc) is 3.70. The zero-order valence-electron chi connectivity index (χ0n) is 21.3. The molecule has 0 saturated carbocycles. The summed E-state index contributed by atoms with van der Waals surface area (Å²) >= 11 is 0.900. The molecule has 0 aromatic carbocycles. The highest BCUT2D eigenvalue weighted by Gasteiger charge is 2.49. The maximum Gasteiger partial charge on any atom is 0.481 e. The molecule has 2 aliphatic heterocycles. The monoisotopic (exact) mass is 671 g/mol. The summed E-state index contributed by atoms with van der Waals surface area (Å²) in [6.07, 6.45) is -10.7. The maximum absolute atomic E-state index is 14.9. The second-order valence-electron chi connectivity index (χ2n) is 9.20. The number of phosphoric ester groups is 2. The molecule has 2 fully saturated rings. The van der Waals surface area contributed by atoms with E-state index in [0.717, 1.165) is 28.6 Å². The Morgan fingerprint density at radius 1 is 1.05 bits per heavy atom. The van der Waals surface area contributed by atoms with Gasteiger partial charge in [-0.15, -0.1) is 11.3 Å². The summed E-state index contributed by atoms with van der Waals surface area (Å²) in [5.74, 6) is -0.829. The lowest BCUT2D eigenvalue weighted by atomic mass is 10.1.